The summed E-state index contributed by atoms with van der Waals surface area (Å²) in [7, 11) is 1.62. The molecule has 0 spiro atoms. The largest absolute Gasteiger partial charge is 0.497 e. The van der Waals surface area contributed by atoms with Gasteiger partial charge in [0.2, 0.25) is 23.8 Å². The zero-order chi connectivity index (χ0) is 29.6. The van der Waals surface area contributed by atoms with Crippen LogP contribution in [-0.2, 0) is 0 Å². The van der Waals surface area contributed by atoms with Crippen molar-refractivity contribution in [2.45, 2.75) is 0 Å². The molecule has 2 heterocycles. The number of benzene rings is 4. The van der Waals surface area contributed by atoms with Gasteiger partial charge in [0, 0.05) is 28.2 Å². The second-order valence-electron chi connectivity index (χ2n) is 9.36. The molecule has 43 heavy (non-hydrogen) atoms. The number of halogens is 1. The van der Waals surface area contributed by atoms with Crippen LogP contribution in [0.2, 0.25) is 0 Å². The number of nitrogens with one attached hydrogen (secondary N) is 3. The monoisotopic (exact) mass is 571 g/mol. The zero-order valence-electron chi connectivity index (χ0n) is 23.0. The van der Waals surface area contributed by atoms with E-state index < -0.39 is 0 Å². The number of ether oxygens (including phenoxy) is 1. The fourth-order valence-corrected chi connectivity index (χ4v) is 4.27. The lowest BCUT2D eigenvalue weighted by atomic mass is 10.1. The number of methoxy groups -OCH3 is 1. The van der Waals surface area contributed by atoms with Gasteiger partial charge >= 0.3 is 0 Å². The molecule has 2 aromatic heterocycles. The smallest absolute Gasteiger partial charge is 0.233 e. The number of nitrogens with zero attached hydrogens (tertiary/aromatic N) is 5. The molecule has 212 valence electrons. The molecule has 0 saturated carbocycles. The fraction of sp³-hybridized carbons (Fsp3) is 0.0312. The van der Waals surface area contributed by atoms with Crippen molar-refractivity contribution in [1.29, 1.82) is 0 Å². The normalized spacial score (nSPS) is 10.7. The van der Waals surface area contributed by atoms with Gasteiger partial charge < -0.3 is 26.4 Å². The molecule has 6 rings (SSSR count). The van der Waals surface area contributed by atoms with Gasteiger partial charge in [-0.2, -0.15) is 15.0 Å². The van der Waals surface area contributed by atoms with Crippen LogP contribution in [0, 0.1) is 5.82 Å². The molecule has 0 aliphatic rings. The standard InChI is InChI=1S/C32H26FN9O/c1-43-26-16-12-21(13-17-26)28-19-27(38-29(34)39-28)20-10-14-24(15-11-20)36-31-40-30(35-23-7-3-2-4-8-23)41-32(42-31)37-25-9-5-6-22(33)18-25/h2-19H,1H3,(H2,34,38,39)(H3,35,36,37,40,41,42). The van der Waals surface area contributed by atoms with Crippen LogP contribution in [0.25, 0.3) is 22.5 Å². The first-order chi connectivity index (χ1) is 21.0. The molecule has 10 nitrogen and oxygen atoms in total. The minimum Gasteiger partial charge on any atom is -0.497 e. The Kier molecular flexibility index (Phi) is 7.68. The van der Waals surface area contributed by atoms with E-state index in [1.165, 1.54) is 12.1 Å². The van der Waals surface area contributed by atoms with Crippen LogP contribution in [0.4, 0.5) is 45.2 Å². The Morgan fingerprint density at radius 2 is 1.07 bits per heavy atom. The lowest BCUT2D eigenvalue weighted by Gasteiger charge is -2.12. The van der Waals surface area contributed by atoms with Gasteiger partial charge in [0.25, 0.3) is 0 Å². The molecule has 4 aromatic carbocycles. The van der Waals surface area contributed by atoms with E-state index in [0.717, 1.165) is 28.3 Å². The fourth-order valence-electron chi connectivity index (χ4n) is 4.27. The predicted octanol–water partition coefficient (Wildman–Crippen LogP) is 6.96. The van der Waals surface area contributed by atoms with E-state index in [4.69, 9.17) is 10.5 Å². The number of nitrogens with two attached hydrogens (primary N) is 1. The molecule has 0 unspecified atom stereocenters. The van der Waals surface area contributed by atoms with Crippen molar-refractivity contribution in [2.24, 2.45) is 0 Å². The van der Waals surface area contributed by atoms with Crippen LogP contribution in [0.5, 0.6) is 5.75 Å². The van der Waals surface area contributed by atoms with E-state index in [2.05, 4.69) is 40.9 Å². The molecule has 0 aliphatic carbocycles. The van der Waals surface area contributed by atoms with E-state index >= 15 is 0 Å². The minimum atomic E-state index is -0.373. The second-order valence-corrected chi connectivity index (χ2v) is 9.36. The molecule has 0 radical (unpaired) electrons. The summed E-state index contributed by atoms with van der Waals surface area (Å²) in [6, 6.07) is 32.6. The van der Waals surface area contributed by atoms with Crippen LogP contribution in [0.1, 0.15) is 0 Å². The summed E-state index contributed by atoms with van der Waals surface area (Å²) in [6.45, 7) is 0. The molecule has 0 bridgehead atoms. The highest BCUT2D eigenvalue weighted by Crippen LogP contribution is 2.28. The van der Waals surface area contributed by atoms with Gasteiger partial charge in [-0.05, 0) is 72.8 Å². The van der Waals surface area contributed by atoms with Crippen molar-refractivity contribution in [3.05, 3.63) is 115 Å². The molecule has 0 fully saturated rings. The number of hydrogen-bond acceptors (Lipinski definition) is 10. The van der Waals surface area contributed by atoms with Gasteiger partial charge in [-0.1, -0.05) is 36.4 Å². The third kappa shape index (κ3) is 6.80. The Morgan fingerprint density at radius 1 is 0.558 bits per heavy atom. The van der Waals surface area contributed by atoms with Crippen molar-refractivity contribution in [3.8, 4) is 28.3 Å². The molecular weight excluding hydrogens is 545 g/mol. The number of rotatable bonds is 9. The van der Waals surface area contributed by atoms with E-state index in [0.29, 0.717) is 23.0 Å². The third-order valence-corrected chi connectivity index (χ3v) is 6.31. The Hall–Kier alpha value is -6.10. The van der Waals surface area contributed by atoms with Crippen molar-refractivity contribution in [1.82, 2.24) is 24.9 Å². The van der Waals surface area contributed by atoms with E-state index in [1.54, 1.807) is 19.2 Å². The van der Waals surface area contributed by atoms with Gasteiger partial charge in [-0.25, -0.2) is 14.4 Å². The first-order valence-electron chi connectivity index (χ1n) is 13.3. The van der Waals surface area contributed by atoms with Crippen LogP contribution in [0.15, 0.2) is 109 Å². The number of para-hydroxylation sites is 1. The van der Waals surface area contributed by atoms with E-state index in [1.807, 2.05) is 84.9 Å². The Bertz CT molecular complexity index is 1850. The summed E-state index contributed by atoms with van der Waals surface area (Å²) in [5.74, 6) is 1.39. The Balaban J connectivity index is 1.25. The highest BCUT2D eigenvalue weighted by Gasteiger charge is 2.11. The maximum Gasteiger partial charge on any atom is 0.233 e. The SMILES string of the molecule is COc1ccc(-c2cc(-c3ccc(Nc4nc(Nc5ccccc5)nc(Nc5cccc(F)c5)n4)cc3)nc(N)n2)cc1. The summed E-state index contributed by atoms with van der Waals surface area (Å²) >= 11 is 0. The predicted molar refractivity (Wildman–Crippen MR) is 166 cm³/mol. The Morgan fingerprint density at radius 3 is 1.63 bits per heavy atom. The van der Waals surface area contributed by atoms with Crippen LogP contribution in [-0.4, -0.2) is 32.0 Å². The van der Waals surface area contributed by atoms with E-state index in [9.17, 15) is 4.39 Å². The van der Waals surface area contributed by atoms with Gasteiger partial charge in [-0.3, -0.25) is 0 Å². The quantitative estimate of drug-likeness (QED) is 0.144. The average molecular weight is 572 g/mol. The van der Waals surface area contributed by atoms with Crippen LogP contribution < -0.4 is 26.4 Å². The molecule has 11 heteroatoms. The second kappa shape index (κ2) is 12.2. The summed E-state index contributed by atoms with van der Waals surface area (Å²) < 4.78 is 19.0. The first kappa shape index (κ1) is 27.1. The third-order valence-electron chi connectivity index (χ3n) is 6.31. The van der Waals surface area contributed by atoms with Crippen molar-refractivity contribution < 1.29 is 9.13 Å². The highest BCUT2D eigenvalue weighted by atomic mass is 19.1. The van der Waals surface area contributed by atoms with Crippen molar-refractivity contribution in [3.63, 3.8) is 0 Å². The summed E-state index contributed by atoms with van der Waals surface area (Å²) in [6.07, 6.45) is 0. The van der Waals surface area contributed by atoms with Gasteiger partial charge in [-0.15, -0.1) is 0 Å². The Labute approximate surface area is 246 Å². The maximum absolute atomic E-state index is 13.8. The first-order valence-corrected chi connectivity index (χ1v) is 13.3. The van der Waals surface area contributed by atoms with Crippen molar-refractivity contribution >= 4 is 40.9 Å². The number of nitrogen functional groups attached to an aromatic ring is 1. The summed E-state index contributed by atoms with van der Waals surface area (Å²) in [4.78, 5) is 22.3. The van der Waals surface area contributed by atoms with Crippen LogP contribution >= 0.6 is 0 Å². The average Bonchev–Trinajstić information content (AvgIpc) is 3.01. The molecule has 0 atom stereocenters. The molecular formula is C32H26FN9O. The van der Waals surface area contributed by atoms with Gasteiger partial charge in [0.1, 0.15) is 11.6 Å². The maximum atomic E-state index is 13.8. The van der Waals surface area contributed by atoms with Crippen LogP contribution in [0.3, 0.4) is 0 Å². The molecule has 0 amide bonds. The topological polar surface area (TPSA) is 136 Å². The molecule has 6 aromatic rings. The summed E-state index contributed by atoms with van der Waals surface area (Å²) in [5, 5.41) is 9.44. The van der Waals surface area contributed by atoms with Crippen molar-refractivity contribution in [2.75, 3.05) is 28.8 Å². The molecule has 0 saturated heterocycles. The lowest BCUT2D eigenvalue weighted by molar-refractivity contribution is 0.415. The number of anilines is 7. The minimum absolute atomic E-state index is 0.174. The lowest BCUT2D eigenvalue weighted by Crippen LogP contribution is -2.07. The zero-order valence-corrected chi connectivity index (χ0v) is 23.0. The summed E-state index contributed by atoms with van der Waals surface area (Å²) in [5.41, 5.74) is 11.2. The molecule has 5 N–H and O–H groups in total. The molecule has 0 aliphatic heterocycles. The number of hydrogen-bond donors (Lipinski definition) is 4. The van der Waals surface area contributed by atoms with Gasteiger partial charge in [0.05, 0.1) is 18.5 Å². The van der Waals surface area contributed by atoms with E-state index in [-0.39, 0.29) is 23.7 Å². The van der Waals surface area contributed by atoms with Gasteiger partial charge in [0.15, 0.2) is 0 Å². The number of aromatic nitrogens is 5. The highest BCUT2D eigenvalue weighted by molar-refractivity contribution is 5.71.